The Kier molecular flexibility index (Phi) is 3.40. The van der Waals surface area contributed by atoms with Crippen molar-refractivity contribution in [2.75, 3.05) is 13.1 Å². The van der Waals surface area contributed by atoms with Crippen molar-refractivity contribution in [2.24, 2.45) is 0 Å². The molecule has 100 valence electrons. The zero-order valence-corrected chi connectivity index (χ0v) is 11.2. The standard InChI is InChI=1S/C16H19NO2/c1-12-2-4-13(5-3-12)16-7-6-15(19-16)11-17-9-8-14(18)10-17/h2-7,14,18H,8-11H2,1H3/t14-/m1/s1. The summed E-state index contributed by atoms with van der Waals surface area (Å²) in [5, 5.41) is 9.51. The van der Waals surface area contributed by atoms with Crippen LogP contribution in [0.1, 0.15) is 17.7 Å². The lowest BCUT2D eigenvalue weighted by molar-refractivity contribution is 0.172. The van der Waals surface area contributed by atoms with Gasteiger partial charge in [-0.25, -0.2) is 0 Å². The number of hydrogen-bond acceptors (Lipinski definition) is 3. The van der Waals surface area contributed by atoms with Gasteiger partial charge < -0.3 is 9.52 Å². The van der Waals surface area contributed by atoms with E-state index in [2.05, 4.69) is 36.1 Å². The van der Waals surface area contributed by atoms with Crippen molar-refractivity contribution in [3.05, 3.63) is 47.7 Å². The van der Waals surface area contributed by atoms with Crippen molar-refractivity contribution in [1.29, 1.82) is 0 Å². The molecular weight excluding hydrogens is 238 g/mol. The fourth-order valence-corrected chi connectivity index (χ4v) is 2.51. The van der Waals surface area contributed by atoms with Gasteiger partial charge in [0.1, 0.15) is 11.5 Å². The van der Waals surface area contributed by atoms with Gasteiger partial charge in [-0.3, -0.25) is 4.90 Å². The number of rotatable bonds is 3. The zero-order chi connectivity index (χ0) is 13.2. The maximum absolute atomic E-state index is 9.51. The van der Waals surface area contributed by atoms with Crippen LogP contribution in [0, 0.1) is 6.92 Å². The van der Waals surface area contributed by atoms with Crippen LogP contribution < -0.4 is 0 Å². The van der Waals surface area contributed by atoms with Gasteiger partial charge in [-0.05, 0) is 25.5 Å². The number of nitrogens with zero attached hydrogens (tertiary/aromatic N) is 1. The molecule has 19 heavy (non-hydrogen) atoms. The number of furan rings is 1. The number of aliphatic hydroxyl groups excluding tert-OH is 1. The average Bonchev–Trinajstić information content (AvgIpc) is 3.00. The number of aryl methyl sites for hydroxylation is 1. The third-order valence-electron chi connectivity index (χ3n) is 3.62. The smallest absolute Gasteiger partial charge is 0.134 e. The monoisotopic (exact) mass is 257 g/mol. The summed E-state index contributed by atoms with van der Waals surface area (Å²) in [6.45, 7) is 4.56. The van der Waals surface area contributed by atoms with Crippen LogP contribution in [-0.4, -0.2) is 29.2 Å². The van der Waals surface area contributed by atoms with Gasteiger partial charge in [-0.15, -0.1) is 0 Å². The molecule has 1 atom stereocenters. The van der Waals surface area contributed by atoms with Crippen LogP contribution in [0.4, 0.5) is 0 Å². The summed E-state index contributed by atoms with van der Waals surface area (Å²) in [5.74, 6) is 1.87. The Morgan fingerprint density at radius 3 is 2.68 bits per heavy atom. The molecule has 3 heteroatoms. The maximum atomic E-state index is 9.51. The Morgan fingerprint density at radius 1 is 1.21 bits per heavy atom. The highest BCUT2D eigenvalue weighted by Crippen LogP contribution is 2.24. The van der Waals surface area contributed by atoms with Crippen LogP contribution in [0.15, 0.2) is 40.8 Å². The normalized spacial score (nSPS) is 20.0. The SMILES string of the molecule is Cc1ccc(-c2ccc(CN3CC[C@@H](O)C3)o2)cc1. The molecule has 0 bridgehead atoms. The van der Waals surface area contributed by atoms with Crippen molar-refractivity contribution in [1.82, 2.24) is 4.90 Å². The summed E-state index contributed by atoms with van der Waals surface area (Å²) >= 11 is 0. The molecule has 1 fully saturated rings. The van der Waals surface area contributed by atoms with Crippen molar-refractivity contribution in [3.8, 4) is 11.3 Å². The van der Waals surface area contributed by atoms with E-state index in [1.54, 1.807) is 0 Å². The molecule has 2 heterocycles. The predicted molar refractivity (Wildman–Crippen MR) is 74.8 cm³/mol. The molecular formula is C16H19NO2. The first-order chi connectivity index (χ1) is 9.20. The summed E-state index contributed by atoms with van der Waals surface area (Å²) in [6.07, 6.45) is 0.692. The van der Waals surface area contributed by atoms with Crippen molar-refractivity contribution < 1.29 is 9.52 Å². The van der Waals surface area contributed by atoms with E-state index in [-0.39, 0.29) is 6.10 Å². The molecule has 0 unspecified atom stereocenters. The Hall–Kier alpha value is -1.58. The minimum atomic E-state index is -0.175. The molecule has 1 saturated heterocycles. The second-order valence-corrected chi connectivity index (χ2v) is 5.31. The number of hydrogen-bond donors (Lipinski definition) is 1. The predicted octanol–water partition coefficient (Wildman–Crippen LogP) is 2.82. The van der Waals surface area contributed by atoms with Gasteiger partial charge >= 0.3 is 0 Å². The molecule has 0 spiro atoms. The second-order valence-electron chi connectivity index (χ2n) is 5.31. The van der Waals surface area contributed by atoms with E-state index >= 15 is 0 Å². The van der Waals surface area contributed by atoms with Crippen LogP contribution in [0.3, 0.4) is 0 Å². The molecule has 3 nitrogen and oxygen atoms in total. The van der Waals surface area contributed by atoms with Crippen LogP contribution in [0.5, 0.6) is 0 Å². The summed E-state index contributed by atoms with van der Waals surface area (Å²) in [7, 11) is 0. The first kappa shape index (κ1) is 12.5. The van der Waals surface area contributed by atoms with Crippen LogP contribution >= 0.6 is 0 Å². The van der Waals surface area contributed by atoms with Gasteiger partial charge in [0.05, 0.1) is 12.6 Å². The Morgan fingerprint density at radius 2 is 2.00 bits per heavy atom. The summed E-state index contributed by atoms with van der Waals surface area (Å²) in [6, 6.07) is 12.4. The third-order valence-corrected chi connectivity index (χ3v) is 3.62. The van der Waals surface area contributed by atoms with E-state index in [0.29, 0.717) is 0 Å². The van der Waals surface area contributed by atoms with Crippen LogP contribution in [0.25, 0.3) is 11.3 Å². The van der Waals surface area contributed by atoms with E-state index in [1.807, 2.05) is 12.1 Å². The Balaban J connectivity index is 1.71. The Bertz CT molecular complexity index is 544. The highest BCUT2D eigenvalue weighted by atomic mass is 16.3. The minimum absolute atomic E-state index is 0.175. The van der Waals surface area contributed by atoms with Crippen LogP contribution in [0.2, 0.25) is 0 Å². The topological polar surface area (TPSA) is 36.6 Å². The molecule has 3 rings (SSSR count). The lowest BCUT2D eigenvalue weighted by Gasteiger charge is -2.12. The van der Waals surface area contributed by atoms with Gasteiger partial charge in [0.15, 0.2) is 0 Å². The third kappa shape index (κ3) is 2.88. The van der Waals surface area contributed by atoms with Gasteiger partial charge in [0.25, 0.3) is 0 Å². The fraction of sp³-hybridized carbons (Fsp3) is 0.375. The highest BCUT2D eigenvalue weighted by molar-refractivity contribution is 5.57. The van der Waals surface area contributed by atoms with Crippen LogP contribution in [-0.2, 0) is 6.54 Å². The molecule has 0 amide bonds. The molecule has 0 radical (unpaired) electrons. The van der Waals surface area contributed by atoms with Crippen molar-refractivity contribution >= 4 is 0 Å². The maximum Gasteiger partial charge on any atom is 0.134 e. The quantitative estimate of drug-likeness (QED) is 0.918. The van der Waals surface area contributed by atoms with Gasteiger partial charge in [-0.2, -0.15) is 0 Å². The number of β-amino-alcohol motifs (C(OH)–C–C–N with tert-alkyl or cyclic N) is 1. The largest absolute Gasteiger partial charge is 0.460 e. The average molecular weight is 257 g/mol. The van der Waals surface area contributed by atoms with Crippen molar-refractivity contribution in [2.45, 2.75) is 26.0 Å². The van der Waals surface area contributed by atoms with E-state index in [1.165, 1.54) is 5.56 Å². The minimum Gasteiger partial charge on any atom is -0.460 e. The zero-order valence-electron chi connectivity index (χ0n) is 11.2. The molecule has 1 N–H and O–H groups in total. The lowest BCUT2D eigenvalue weighted by atomic mass is 10.1. The molecule has 0 saturated carbocycles. The second kappa shape index (κ2) is 5.19. The lowest BCUT2D eigenvalue weighted by Crippen LogP contribution is -2.21. The highest BCUT2D eigenvalue weighted by Gasteiger charge is 2.21. The molecule has 1 aromatic heterocycles. The summed E-state index contributed by atoms with van der Waals surface area (Å²) in [5.41, 5.74) is 2.36. The van der Waals surface area contributed by atoms with E-state index in [4.69, 9.17) is 4.42 Å². The molecule has 2 aromatic rings. The molecule has 1 aliphatic heterocycles. The fourth-order valence-electron chi connectivity index (χ4n) is 2.51. The van der Waals surface area contributed by atoms with Gasteiger partial charge in [-0.1, -0.05) is 29.8 Å². The number of aliphatic hydroxyl groups is 1. The number of benzene rings is 1. The number of likely N-dealkylation sites (tertiary alicyclic amines) is 1. The molecule has 0 aliphatic carbocycles. The summed E-state index contributed by atoms with van der Waals surface area (Å²) < 4.78 is 5.88. The molecule has 1 aromatic carbocycles. The first-order valence-electron chi connectivity index (χ1n) is 6.77. The molecule has 1 aliphatic rings. The van der Waals surface area contributed by atoms with E-state index < -0.39 is 0 Å². The van der Waals surface area contributed by atoms with Gasteiger partial charge in [0, 0.05) is 18.7 Å². The van der Waals surface area contributed by atoms with Crippen molar-refractivity contribution in [3.63, 3.8) is 0 Å². The Labute approximate surface area is 113 Å². The van der Waals surface area contributed by atoms with E-state index in [9.17, 15) is 5.11 Å². The summed E-state index contributed by atoms with van der Waals surface area (Å²) in [4.78, 5) is 2.22. The van der Waals surface area contributed by atoms with E-state index in [0.717, 1.165) is 43.1 Å². The first-order valence-corrected chi connectivity index (χ1v) is 6.77. The van der Waals surface area contributed by atoms with Gasteiger partial charge in [0.2, 0.25) is 0 Å².